The number of benzene rings is 1. The predicted molar refractivity (Wildman–Crippen MR) is 127 cm³/mol. The standard InChI is InChI=1S/C21H30N4O5.C2HF3O2/c1-14(2)12-25-17-7-6-15(30-10-4-3-5-18(22)23)11-16(17)21(29)24(13-19(25)26)9-8-20(27)28;3-2(4,5)1(6)7/h6-7,11,14H,3-5,8-10,12-13H2,1-2H3,(H3,22,23)(H,27,28);(H,6,7). The van der Waals surface area contributed by atoms with Gasteiger partial charge in [-0.2, -0.15) is 13.2 Å². The number of nitrogens with two attached hydrogens (primary N) is 1. The van der Waals surface area contributed by atoms with E-state index in [1.165, 1.54) is 4.90 Å². The van der Waals surface area contributed by atoms with Crippen molar-refractivity contribution in [2.45, 2.75) is 45.7 Å². The summed E-state index contributed by atoms with van der Waals surface area (Å²) in [5.41, 5.74) is 6.18. The summed E-state index contributed by atoms with van der Waals surface area (Å²) in [6, 6.07) is 5.05. The highest BCUT2D eigenvalue weighted by Crippen LogP contribution is 2.30. The Kier molecular flexibility index (Phi) is 11.8. The van der Waals surface area contributed by atoms with Crippen LogP contribution in [-0.2, 0) is 14.4 Å². The maximum atomic E-state index is 13.1. The van der Waals surface area contributed by atoms with Gasteiger partial charge in [-0.3, -0.25) is 19.8 Å². The van der Waals surface area contributed by atoms with Crippen molar-refractivity contribution < 1.29 is 47.3 Å². The van der Waals surface area contributed by atoms with Gasteiger partial charge in [0.1, 0.15) is 12.3 Å². The number of halogens is 3. The van der Waals surface area contributed by atoms with Crippen molar-refractivity contribution in [2.75, 3.05) is 31.1 Å². The van der Waals surface area contributed by atoms with Crippen molar-refractivity contribution >= 4 is 35.3 Å². The van der Waals surface area contributed by atoms with Crippen molar-refractivity contribution in [1.29, 1.82) is 5.41 Å². The van der Waals surface area contributed by atoms with Crippen molar-refractivity contribution in [3.63, 3.8) is 0 Å². The third kappa shape index (κ3) is 10.8. The lowest BCUT2D eigenvalue weighted by Crippen LogP contribution is -2.41. The minimum absolute atomic E-state index is 0.0367. The molecule has 1 aliphatic rings. The van der Waals surface area contributed by atoms with Crippen LogP contribution >= 0.6 is 0 Å². The molecule has 11 nitrogen and oxygen atoms in total. The first-order valence-electron chi connectivity index (χ1n) is 11.3. The number of hydrogen-bond donors (Lipinski definition) is 4. The van der Waals surface area contributed by atoms with Gasteiger partial charge in [-0.05, 0) is 37.0 Å². The fourth-order valence-corrected chi connectivity index (χ4v) is 3.22. The van der Waals surface area contributed by atoms with E-state index in [-0.39, 0.29) is 43.1 Å². The van der Waals surface area contributed by atoms with Crippen LogP contribution in [-0.4, -0.2) is 77.1 Å². The predicted octanol–water partition coefficient (Wildman–Crippen LogP) is 2.72. The number of hydrogen-bond acceptors (Lipinski definition) is 6. The molecule has 1 aromatic rings. The normalized spacial score (nSPS) is 13.5. The Bertz CT molecular complexity index is 999. The molecule has 206 valence electrons. The molecule has 0 atom stereocenters. The number of alkyl halides is 3. The van der Waals surface area contributed by atoms with E-state index in [2.05, 4.69) is 0 Å². The minimum Gasteiger partial charge on any atom is -0.494 e. The summed E-state index contributed by atoms with van der Waals surface area (Å²) in [7, 11) is 0. The molecule has 0 fully saturated rings. The van der Waals surface area contributed by atoms with Crippen LogP contribution in [0.25, 0.3) is 0 Å². The highest BCUT2D eigenvalue weighted by molar-refractivity contribution is 6.10. The highest BCUT2D eigenvalue weighted by Gasteiger charge is 2.38. The molecule has 1 aliphatic heterocycles. The van der Waals surface area contributed by atoms with E-state index in [9.17, 15) is 27.6 Å². The summed E-state index contributed by atoms with van der Waals surface area (Å²) in [5.74, 6) is -3.57. The number of rotatable bonds is 11. The largest absolute Gasteiger partial charge is 0.494 e. The van der Waals surface area contributed by atoms with Crippen molar-refractivity contribution in [2.24, 2.45) is 11.7 Å². The summed E-state index contributed by atoms with van der Waals surface area (Å²) in [4.78, 5) is 48.7. The number of anilines is 1. The molecule has 0 aromatic heterocycles. The fraction of sp³-hybridized carbons (Fsp3) is 0.522. The lowest BCUT2D eigenvalue weighted by atomic mass is 10.1. The monoisotopic (exact) mass is 532 g/mol. The zero-order valence-electron chi connectivity index (χ0n) is 20.5. The van der Waals surface area contributed by atoms with Gasteiger partial charge in [0, 0.05) is 19.5 Å². The Morgan fingerprint density at radius 1 is 1.16 bits per heavy atom. The molecular formula is C23H31F3N4O7. The lowest BCUT2D eigenvalue weighted by molar-refractivity contribution is -0.192. The molecule has 0 spiro atoms. The number of carboxylic acid groups (broad SMARTS) is 2. The Labute approximate surface area is 211 Å². The molecule has 0 unspecified atom stereocenters. The van der Waals surface area contributed by atoms with Gasteiger partial charge < -0.3 is 30.5 Å². The first-order valence-corrected chi connectivity index (χ1v) is 11.3. The molecule has 0 bridgehead atoms. The Morgan fingerprint density at radius 2 is 1.78 bits per heavy atom. The van der Waals surface area contributed by atoms with Gasteiger partial charge in [0.2, 0.25) is 5.91 Å². The number of ether oxygens (including phenoxy) is 1. The molecule has 37 heavy (non-hydrogen) atoms. The van der Waals surface area contributed by atoms with E-state index in [4.69, 9.17) is 30.9 Å². The second kappa shape index (κ2) is 14.0. The quantitative estimate of drug-likeness (QED) is 0.191. The molecule has 1 aromatic carbocycles. The van der Waals surface area contributed by atoms with Crippen LogP contribution < -0.4 is 15.4 Å². The highest BCUT2D eigenvalue weighted by atomic mass is 19.4. The zero-order valence-corrected chi connectivity index (χ0v) is 20.5. The molecule has 1 heterocycles. The van der Waals surface area contributed by atoms with Crippen LogP contribution in [0.2, 0.25) is 0 Å². The lowest BCUT2D eigenvalue weighted by Gasteiger charge is -2.24. The van der Waals surface area contributed by atoms with Gasteiger partial charge in [-0.15, -0.1) is 0 Å². The van der Waals surface area contributed by atoms with Crippen LogP contribution in [0.4, 0.5) is 18.9 Å². The number of carboxylic acids is 2. The minimum atomic E-state index is -5.08. The van der Waals surface area contributed by atoms with Gasteiger partial charge in [-0.1, -0.05) is 13.8 Å². The molecule has 14 heteroatoms. The number of carbonyl (C=O) groups excluding carboxylic acids is 2. The average molecular weight is 533 g/mol. The zero-order chi connectivity index (χ0) is 28.3. The molecular weight excluding hydrogens is 501 g/mol. The van der Waals surface area contributed by atoms with Crippen molar-refractivity contribution in [3.8, 4) is 5.75 Å². The number of unbranched alkanes of at least 4 members (excludes halogenated alkanes) is 1. The molecule has 2 amide bonds. The summed E-state index contributed by atoms with van der Waals surface area (Å²) in [6.45, 7) is 4.65. The number of nitrogens with one attached hydrogen (secondary N) is 1. The van der Waals surface area contributed by atoms with Gasteiger partial charge in [-0.25, -0.2) is 4.79 Å². The Hall–Kier alpha value is -3.84. The van der Waals surface area contributed by atoms with Gasteiger partial charge in [0.05, 0.1) is 30.1 Å². The molecule has 0 aliphatic carbocycles. The van der Waals surface area contributed by atoms with E-state index >= 15 is 0 Å². The average Bonchev–Trinajstić information content (AvgIpc) is 2.87. The van der Waals surface area contributed by atoms with E-state index in [1.807, 2.05) is 13.8 Å². The third-order valence-electron chi connectivity index (χ3n) is 4.90. The van der Waals surface area contributed by atoms with Gasteiger partial charge in [0.15, 0.2) is 0 Å². The number of amides is 2. The molecule has 0 radical (unpaired) electrons. The van der Waals surface area contributed by atoms with Gasteiger partial charge in [0.25, 0.3) is 5.91 Å². The molecule has 0 saturated heterocycles. The van der Waals surface area contributed by atoms with Crippen LogP contribution in [0.1, 0.15) is 49.9 Å². The number of carbonyl (C=O) groups is 4. The smallest absolute Gasteiger partial charge is 0.490 e. The van der Waals surface area contributed by atoms with E-state index in [0.29, 0.717) is 43.0 Å². The summed E-state index contributed by atoms with van der Waals surface area (Å²) in [6.07, 6.45) is -3.35. The summed E-state index contributed by atoms with van der Waals surface area (Å²) < 4.78 is 37.5. The number of amidine groups is 1. The first-order chi connectivity index (χ1) is 17.1. The number of fused-ring (bicyclic) bond motifs is 1. The molecule has 0 saturated carbocycles. The van der Waals surface area contributed by atoms with E-state index in [0.717, 1.165) is 6.42 Å². The maximum absolute atomic E-state index is 13.1. The topological polar surface area (TPSA) is 174 Å². The SMILES string of the molecule is CC(C)CN1C(=O)CN(CCC(=O)O)C(=O)c2cc(OCCCCC(=N)N)ccc21.O=C(O)C(F)(F)F. The molecule has 5 N–H and O–H groups in total. The maximum Gasteiger partial charge on any atom is 0.490 e. The van der Waals surface area contributed by atoms with Crippen molar-refractivity contribution in [1.82, 2.24) is 4.90 Å². The summed E-state index contributed by atoms with van der Waals surface area (Å²) in [5, 5.41) is 23.3. The first kappa shape index (κ1) is 31.2. The summed E-state index contributed by atoms with van der Waals surface area (Å²) >= 11 is 0. The third-order valence-corrected chi connectivity index (χ3v) is 4.90. The van der Waals surface area contributed by atoms with E-state index in [1.54, 1.807) is 23.1 Å². The van der Waals surface area contributed by atoms with Crippen molar-refractivity contribution in [3.05, 3.63) is 23.8 Å². The Balaban J connectivity index is 0.000000856. The number of nitrogens with zero attached hydrogens (tertiary/aromatic N) is 2. The van der Waals surface area contributed by atoms with Crippen LogP contribution in [0.15, 0.2) is 18.2 Å². The second-order valence-electron chi connectivity index (χ2n) is 8.58. The van der Waals surface area contributed by atoms with Crippen LogP contribution in [0.5, 0.6) is 5.75 Å². The number of aliphatic carboxylic acids is 2. The van der Waals surface area contributed by atoms with Gasteiger partial charge >= 0.3 is 18.1 Å². The fourth-order valence-electron chi connectivity index (χ4n) is 3.22. The Morgan fingerprint density at radius 3 is 2.30 bits per heavy atom. The van der Waals surface area contributed by atoms with Crippen LogP contribution in [0, 0.1) is 11.3 Å². The van der Waals surface area contributed by atoms with E-state index < -0.39 is 18.1 Å². The second-order valence-corrected chi connectivity index (χ2v) is 8.58. The van der Waals surface area contributed by atoms with Crippen LogP contribution in [0.3, 0.4) is 0 Å². The molecule has 2 rings (SSSR count).